The predicted octanol–water partition coefficient (Wildman–Crippen LogP) is -1.57. The van der Waals surface area contributed by atoms with E-state index >= 15 is 0 Å². The maximum absolute atomic E-state index is 11.8. The summed E-state index contributed by atoms with van der Waals surface area (Å²) in [6, 6.07) is -2.02. The van der Waals surface area contributed by atoms with Gasteiger partial charge in [0.25, 0.3) is 0 Å². The number of carboxylic acids is 1. The standard InChI is InChI=1S/C12H23N3O5/c1-6(2)4-8(13)11(19)15-10(7(3)16)12(20)14-5-9(17)18/h6-8,10,16H,4-5,13H2,1-3H3,(H,14,20)(H,15,19)(H,17,18). The van der Waals surface area contributed by atoms with Crippen molar-refractivity contribution in [3.63, 3.8) is 0 Å². The topological polar surface area (TPSA) is 142 Å². The van der Waals surface area contributed by atoms with Gasteiger partial charge in [0.2, 0.25) is 11.8 Å². The average Bonchev–Trinajstić information content (AvgIpc) is 2.31. The van der Waals surface area contributed by atoms with Gasteiger partial charge >= 0.3 is 5.97 Å². The normalized spacial score (nSPS) is 15.3. The molecule has 0 fully saturated rings. The summed E-state index contributed by atoms with van der Waals surface area (Å²) in [5, 5.41) is 22.4. The van der Waals surface area contributed by atoms with Gasteiger partial charge in [0, 0.05) is 0 Å². The fourth-order valence-electron chi connectivity index (χ4n) is 1.55. The van der Waals surface area contributed by atoms with E-state index in [1.54, 1.807) is 0 Å². The van der Waals surface area contributed by atoms with Crippen LogP contribution < -0.4 is 16.4 Å². The molecule has 0 saturated heterocycles. The highest BCUT2D eigenvalue weighted by atomic mass is 16.4. The lowest BCUT2D eigenvalue weighted by Gasteiger charge is -2.23. The Bertz CT molecular complexity index is 357. The monoisotopic (exact) mass is 289 g/mol. The fourth-order valence-corrected chi connectivity index (χ4v) is 1.55. The minimum absolute atomic E-state index is 0.210. The third-order valence-electron chi connectivity index (χ3n) is 2.54. The number of hydrogen-bond acceptors (Lipinski definition) is 5. The largest absolute Gasteiger partial charge is 0.480 e. The average molecular weight is 289 g/mol. The third-order valence-corrected chi connectivity index (χ3v) is 2.54. The third kappa shape index (κ3) is 7.05. The lowest BCUT2D eigenvalue weighted by Crippen LogP contribution is -2.56. The molecule has 0 bridgehead atoms. The lowest BCUT2D eigenvalue weighted by molar-refractivity contribution is -0.139. The van der Waals surface area contributed by atoms with Crippen molar-refractivity contribution in [2.24, 2.45) is 11.7 Å². The van der Waals surface area contributed by atoms with E-state index in [9.17, 15) is 19.5 Å². The van der Waals surface area contributed by atoms with Crippen molar-refractivity contribution in [2.75, 3.05) is 6.54 Å². The van der Waals surface area contributed by atoms with Crippen LogP contribution in [0.1, 0.15) is 27.2 Å². The van der Waals surface area contributed by atoms with Crippen LogP contribution in [0.4, 0.5) is 0 Å². The van der Waals surface area contributed by atoms with Crippen LogP contribution in [0, 0.1) is 5.92 Å². The number of aliphatic hydroxyl groups is 1. The van der Waals surface area contributed by atoms with Crippen molar-refractivity contribution in [1.82, 2.24) is 10.6 Å². The Morgan fingerprint density at radius 1 is 1.15 bits per heavy atom. The first-order chi connectivity index (χ1) is 9.15. The molecule has 0 aromatic heterocycles. The minimum Gasteiger partial charge on any atom is -0.480 e. The molecule has 0 spiro atoms. The molecular formula is C12H23N3O5. The molecule has 8 nitrogen and oxygen atoms in total. The zero-order valence-electron chi connectivity index (χ0n) is 11.9. The fraction of sp³-hybridized carbons (Fsp3) is 0.750. The van der Waals surface area contributed by atoms with Gasteiger partial charge in [-0.05, 0) is 19.3 Å². The second-order valence-corrected chi connectivity index (χ2v) is 5.07. The number of nitrogens with two attached hydrogens (primary N) is 1. The Balaban J connectivity index is 4.57. The molecule has 0 aromatic carbocycles. The lowest BCUT2D eigenvalue weighted by atomic mass is 10.0. The highest BCUT2D eigenvalue weighted by molar-refractivity contribution is 5.91. The second kappa shape index (κ2) is 8.49. The molecule has 0 aromatic rings. The Morgan fingerprint density at radius 2 is 1.70 bits per heavy atom. The van der Waals surface area contributed by atoms with Crippen molar-refractivity contribution < 1.29 is 24.6 Å². The molecule has 0 radical (unpaired) electrons. The van der Waals surface area contributed by atoms with Crippen LogP contribution in [0.15, 0.2) is 0 Å². The molecule has 3 atom stereocenters. The van der Waals surface area contributed by atoms with E-state index in [2.05, 4.69) is 10.6 Å². The van der Waals surface area contributed by atoms with Crippen LogP contribution in [-0.2, 0) is 14.4 Å². The summed E-state index contributed by atoms with van der Waals surface area (Å²) >= 11 is 0. The summed E-state index contributed by atoms with van der Waals surface area (Å²) in [7, 11) is 0. The number of rotatable bonds is 8. The van der Waals surface area contributed by atoms with E-state index in [1.807, 2.05) is 13.8 Å². The molecule has 20 heavy (non-hydrogen) atoms. The van der Waals surface area contributed by atoms with Crippen LogP contribution in [-0.4, -0.2) is 52.7 Å². The van der Waals surface area contributed by atoms with Gasteiger partial charge in [-0.25, -0.2) is 0 Å². The maximum Gasteiger partial charge on any atom is 0.322 e. The van der Waals surface area contributed by atoms with E-state index in [-0.39, 0.29) is 5.92 Å². The summed E-state index contributed by atoms with van der Waals surface area (Å²) in [5.74, 6) is -2.34. The van der Waals surface area contributed by atoms with Crippen molar-refractivity contribution >= 4 is 17.8 Å². The molecule has 0 aliphatic heterocycles. The number of aliphatic hydroxyl groups excluding tert-OH is 1. The van der Waals surface area contributed by atoms with Crippen LogP contribution in [0.3, 0.4) is 0 Å². The number of aliphatic carboxylic acids is 1. The first-order valence-corrected chi connectivity index (χ1v) is 6.38. The zero-order valence-corrected chi connectivity index (χ0v) is 11.9. The van der Waals surface area contributed by atoms with Gasteiger partial charge < -0.3 is 26.6 Å². The molecule has 0 aliphatic rings. The molecule has 6 N–H and O–H groups in total. The molecular weight excluding hydrogens is 266 g/mol. The second-order valence-electron chi connectivity index (χ2n) is 5.07. The van der Waals surface area contributed by atoms with E-state index in [0.717, 1.165) is 0 Å². The van der Waals surface area contributed by atoms with E-state index in [1.165, 1.54) is 6.92 Å². The zero-order chi connectivity index (χ0) is 15.9. The number of hydrogen-bond donors (Lipinski definition) is 5. The first-order valence-electron chi connectivity index (χ1n) is 6.38. The van der Waals surface area contributed by atoms with Gasteiger partial charge in [-0.1, -0.05) is 13.8 Å². The number of amides is 2. The van der Waals surface area contributed by atoms with Gasteiger partial charge in [-0.3, -0.25) is 14.4 Å². The Kier molecular flexibility index (Phi) is 7.78. The molecule has 116 valence electrons. The molecule has 0 aliphatic carbocycles. The Labute approximate surface area is 117 Å². The van der Waals surface area contributed by atoms with Crippen molar-refractivity contribution in [2.45, 2.75) is 45.4 Å². The highest BCUT2D eigenvalue weighted by Crippen LogP contribution is 2.03. The van der Waals surface area contributed by atoms with Gasteiger partial charge in [0.15, 0.2) is 0 Å². The van der Waals surface area contributed by atoms with Crippen molar-refractivity contribution in [1.29, 1.82) is 0 Å². The van der Waals surface area contributed by atoms with E-state index in [4.69, 9.17) is 10.8 Å². The quantitative estimate of drug-likeness (QED) is 0.365. The van der Waals surface area contributed by atoms with Gasteiger partial charge in [-0.15, -0.1) is 0 Å². The van der Waals surface area contributed by atoms with Crippen LogP contribution >= 0.6 is 0 Å². The maximum atomic E-state index is 11.8. The number of carbonyl (C=O) groups is 3. The summed E-state index contributed by atoms with van der Waals surface area (Å²) in [6.45, 7) is 4.53. The highest BCUT2D eigenvalue weighted by Gasteiger charge is 2.28. The van der Waals surface area contributed by atoms with E-state index in [0.29, 0.717) is 6.42 Å². The molecule has 0 heterocycles. The summed E-state index contributed by atoms with van der Waals surface area (Å²) in [5.41, 5.74) is 5.67. The molecule has 8 heteroatoms. The molecule has 3 unspecified atom stereocenters. The summed E-state index contributed by atoms with van der Waals surface area (Å²) in [4.78, 5) is 33.8. The summed E-state index contributed by atoms with van der Waals surface area (Å²) in [6.07, 6.45) is -0.728. The number of carbonyl (C=O) groups excluding carboxylic acids is 2. The molecule has 0 rings (SSSR count). The number of carboxylic acid groups (broad SMARTS) is 1. The number of nitrogens with one attached hydrogen (secondary N) is 2. The van der Waals surface area contributed by atoms with Crippen LogP contribution in [0.5, 0.6) is 0 Å². The summed E-state index contributed by atoms with van der Waals surface area (Å²) < 4.78 is 0. The smallest absolute Gasteiger partial charge is 0.322 e. The first kappa shape index (κ1) is 18.3. The van der Waals surface area contributed by atoms with Gasteiger partial charge in [0.1, 0.15) is 12.6 Å². The molecule has 0 saturated carbocycles. The van der Waals surface area contributed by atoms with Crippen LogP contribution in [0.2, 0.25) is 0 Å². The van der Waals surface area contributed by atoms with Crippen molar-refractivity contribution in [3.8, 4) is 0 Å². The Hall–Kier alpha value is -1.67. The van der Waals surface area contributed by atoms with Crippen molar-refractivity contribution in [3.05, 3.63) is 0 Å². The van der Waals surface area contributed by atoms with Gasteiger partial charge in [0.05, 0.1) is 12.1 Å². The van der Waals surface area contributed by atoms with Gasteiger partial charge in [-0.2, -0.15) is 0 Å². The SMILES string of the molecule is CC(C)CC(N)C(=O)NC(C(=O)NCC(=O)O)C(C)O. The molecule has 2 amide bonds. The Morgan fingerprint density at radius 3 is 2.10 bits per heavy atom. The van der Waals surface area contributed by atoms with E-state index < -0.39 is 42.5 Å². The predicted molar refractivity (Wildman–Crippen MR) is 71.7 cm³/mol. The minimum atomic E-state index is -1.24. The van der Waals surface area contributed by atoms with Crippen LogP contribution in [0.25, 0.3) is 0 Å².